The molecule has 1 aliphatic carbocycles. The van der Waals surface area contributed by atoms with Gasteiger partial charge in [-0.05, 0) is 49.6 Å². The summed E-state index contributed by atoms with van der Waals surface area (Å²) in [6.07, 6.45) is 5.01. The highest BCUT2D eigenvalue weighted by molar-refractivity contribution is 5.96. The lowest BCUT2D eigenvalue weighted by Gasteiger charge is -2.24. The van der Waals surface area contributed by atoms with Gasteiger partial charge in [-0.1, -0.05) is 12.5 Å². The molecule has 1 aliphatic rings. The fraction of sp³-hybridized carbons (Fsp3) is 0.333. The number of carbonyl (C=O) groups is 1. The second-order valence-corrected chi connectivity index (χ2v) is 6.93. The standard InChI is InChI=1S/C21H23N3O3/c1-13-7-10-18-22-19(15-8-9-16(26-2)17(11-15)27-3)20(24(18)12-13)23-21(25)14-5-4-6-14/h7-12,14H,4-6H2,1-3H3,(H,23,25). The number of carbonyl (C=O) groups excluding carboxylic acids is 1. The van der Waals surface area contributed by atoms with Crippen LogP contribution in [0.15, 0.2) is 36.5 Å². The van der Waals surface area contributed by atoms with E-state index in [1.165, 1.54) is 0 Å². The van der Waals surface area contributed by atoms with Crippen LogP contribution in [0.3, 0.4) is 0 Å². The van der Waals surface area contributed by atoms with E-state index in [1.807, 2.05) is 47.9 Å². The van der Waals surface area contributed by atoms with Crippen molar-refractivity contribution in [2.45, 2.75) is 26.2 Å². The fourth-order valence-corrected chi connectivity index (χ4v) is 3.34. The van der Waals surface area contributed by atoms with E-state index in [2.05, 4.69) is 5.32 Å². The van der Waals surface area contributed by atoms with E-state index in [4.69, 9.17) is 14.5 Å². The number of benzene rings is 1. The summed E-state index contributed by atoms with van der Waals surface area (Å²) in [4.78, 5) is 17.4. The smallest absolute Gasteiger partial charge is 0.228 e. The molecule has 4 rings (SSSR count). The van der Waals surface area contributed by atoms with Gasteiger partial charge < -0.3 is 14.8 Å². The maximum absolute atomic E-state index is 12.6. The quantitative estimate of drug-likeness (QED) is 0.740. The molecule has 27 heavy (non-hydrogen) atoms. The summed E-state index contributed by atoms with van der Waals surface area (Å²) < 4.78 is 12.7. The van der Waals surface area contributed by atoms with Crippen molar-refractivity contribution >= 4 is 17.4 Å². The van der Waals surface area contributed by atoms with Gasteiger partial charge in [0.05, 0.1) is 14.2 Å². The number of ether oxygens (including phenoxy) is 2. The average Bonchev–Trinajstić information content (AvgIpc) is 2.97. The normalized spacial score (nSPS) is 14.0. The van der Waals surface area contributed by atoms with E-state index in [1.54, 1.807) is 14.2 Å². The summed E-state index contributed by atoms with van der Waals surface area (Å²) in [6.45, 7) is 2.02. The molecule has 3 aromatic rings. The Bertz CT molecular complexity index is 1010. The molecule has 1 fully saturated rings. The number of rotatable bonds is 5. The number of aryl methyl sites for hydroxylation is 1. The Labute approximate surface area is 158 Å². The van der Waals surface area contributed by atoms with Crippen LogP contribution < -0.4 is 14.8 Å². The highest BCUT2D eigenvalue weighted by Crippen LogP contribution is 2.36. The number of fused-ring (bicyclic) bond motifs is 1. The Morgan fingerprint density at radius 3 is 2.59 bits per heavy atom. The lowest BCUT2D eigenvalue weighted by Crippen LogP contribution is -2.28. The predicted molar refractivity (Wildman–Crippen MR) is 104 cm³/mol. The zero-order valence-electron chi connectivity index (χ0n) is 15.8. The number of hydrogen-bond acceptors (Lipinski definition) is 4. The molecular formula is C21H23N3O3. The number of nitrogens with zero attached hydrogens (tertiary/aromatic N) is 2. The minimum Gasteiger partial charge on any atom is -0.493 e. The van der Waals surface area contributed by atoms with Gasteiger partial charge in [0.15, 0.2) is 11.5 Å². The van der Waals surface area contributed by atoms with Crippen LogP contribution in [0, 0.1) is 12.8 Å². The van der Waals surface area contributed by atoms with Crippen LogP contribution in [0.4, 0.5) is 5.82 Å². The number of hydrogen-bond donors (Lipinski definition) is 1. The number of aromatic nitrogens is 2. The van der Waals surface area contributed by atoms with Crippen molar-refractivity contribution in [2.75, 3.05) is 19.5 Å². The number of pyridine rings is 1. The number of amides is 1. The third-order valence-electron chi connectivity index (χ3n) is 5.14. The SMILES string of the molecule is COc1ccc(-c2nc3ccc(C)cn3c2NC(=O)C2CCC2)cc1OC. The van der Waals surface area contributed by atoms with Crippen molar-refractivity contribution in [3.05, 3.63) is 42.1 Å². The van der Waals surface area contributed by atoms with Crippen LogP contribution in [-0.4, -0.2) is 29.5 Å². The van der Waals surface area contributed by atoms with Gasteiger partial charge >= 0.3 is 0 Å². The van der Waals surface area contributed by atoms with Crippen LogP contribution in [0.1, 0.15) is 24.8 Å². The molecule has 140 valence electrons. The molecule has 0 aliphatic heterocycles. The molecule has 1 aromatic carbocycles. The fourth-order valence-electron chi connectivity index (χ4n) is 3.34. The molecule has 1 N–H and O–H groups in total. The molecular weight excluding hydrogens is 342 g/mol. The summed E-state index contributed by atoms with van der Waals surface area (Å²) in [5.74, 6) is 2.13. The van der Waals surface area contributed by atoms with E-state index in [0.717, 1.165) is 36.0 Å². The van der Waals surface area contributed by atoms with E-state index >= 15 is 0 Å². The minimum atomic E-state index is 0.0614. The van der Waals surface area contributed by atoms with Crippen molar-refractivity contribution < 1.29 is 14.3 Å². The molecule has 6 nitrogen and oxygen atoms in total. The zero-order valence-corrected chi connectivity index (χ0v) is 15.8. The van der Waals surface area contributed by atoms with Crippen LogP contribution in [-0.2, 0) is 4.79 Å². The van der Waals surface area contributed by atoms with Gasteiger partial charge in [-0.25, -0.2) is 4.98 Å². The van der Waals surface area contributed by atoms with Gasteiger partial charge in [0.1, 0.15) is 17.2 Å². The molecule has 0 radical (unpaired) electrons. The maximum Gasteiger partial charge on any atom is 0.228 e. The first-order chi connectivity index (χ1) is 13.1. The summed E-state index contributed by atoms with van der Waals surface area (Å²) >= 11 is 0. The van der Waals surface area contributed by atoms with Crippen molar-refractivity contribution in [1.82, 2.24) is 9.38 Å². The van der Waals surface area contributed by atoms with Crippen LogP contribution in [0.5, 0.6) is 11.5 Å². The lowest BCUT2D eigenvalue weighted by molar-refractivity contribution is -0.122. The molecule has 1 saturated carbocycles. The van der Waals surface area contributed by atoms with E-state index in [9.17, 15) is 4.79 Å². The minimum absolute atomic E-state index is 0.0614. The van der Waals surface area contributed by atoms with Crippen LogP contribution in [0.2, 0.25) is 0 Å². The zero-order chi connectivity index (χ0) is 19.0. The van der Waals surface area contributed by atoms with Crippen molar-refractivity contribution in [3.63, 3.8) is 0 Å². The van der Waals surface area contributed by atoms with Gasteiger partial charge in [0.2, 0.25) is 5.91 Å². The molecule has 6 heteroatoms. The summed E-state index contributed by atoms with van der Waals surface area (Å²) in [6, 6.07) is 9.62. The highest BCUT2D eigenvalue weighted by atomic mass is 16.5. The number of anilines is 1. The lowest BCUT2D eigenvalue weighted by atomic mass is 9.85. The molecule has 0 spiro atoms. The molecule has 2 heterocycles. The van der Waals surface area contributed by atoms with Gasteiger partial charge in [-0.2, -0.15) is 0 Å². The predicted octanol–water partition coefficient (Wildman–Crippen LogP) is 4.07. The largest absolute Gasteiger partial charge is 0.493 e. The first kappa shape index (κ1) is 17.4. The Kier molecular flexibility index (Phi) is 4.48. The molecule has 0 saturated heterocycles. The van der Waals surface area contributed by atoms with E-state index in [0.29, 0.717) is 23.0 Å². The second kappa shape index (κ2) is 6.95. The maximum atomic E-state index is 12.6. The number of imidazole rings is 1. The Morgan fingerprint density at radius 1 is 1.15 bits per heavy atom. The Balaban J connectivity index is 1.84. The molecule has 0 unspecified atom stereocenters. The summed E-state index contributed by atoms with van der Waals surface area (Å²) in [5.41, 5.74) is 3.46. The third-order valence-corrected chi connectivity index (χ3v) is 5.14. The average molecular weight is 365 g/mol. The van der Waals surface area contributed by atoms with Crippen molar-refractivity contribution in [2.24, 2.45) is 5.92 Å². The molecule has 0 atom stereocenters. The molecule has 1 amide bonds. The van der Waals surface area contributed by atoms with Gasteiger partial charge in [-0.15, -0.1) is 0 Å². The first-order valence-corrected chi connectivity index (χ1v) is 9.12. The van der Waals surface area contributed by atoms with Crippen molar-refractivity contribution in [1.29, 1.82) is 0 Å². The second-order valence-electron chi connectivity index (χ2n) is 6.93. The highest BCUT2D eigenvalue weighted by Gasteiger charge is 2.27. The van der Waals surface area contributed by atoms with Crippen molar-refractivity contribution in [3.8, 4) is 22.8 Å². The molecule has 2 aromatic heterocycles. The first-order valence-electron chi connectivity index (χ1n) is 9.12. The van der Waals surface area contributed by atoms with Gasteiger partial charge in [0, 0.05) is 17.7 Å². The monoisotopic (exact) mass is 365 g/mol. The summed E-state index contributed by atoms with van der Waals surface area (Å²) in [5, 5.41) is 3.12. The topological polar surface area (TPSA) is 64.9 Å². The Morgan fingerprint density at radius 2 is 1.93 bits per heavy atom. The van der Waals surface area contributed by atoms with E-state index < -0.39 is 0 Å². The number of nitrogens with one attached hydrogen (secondary N) is 1. The van der Waals surface area contributed by atoms with Crippen LogP contribution >= 0.6 is 0 Å². The third kappa shape index (κ3) is 3.12. The summed E-state index contributed by atoms with van der Waals surface area (Å²) in [7, 11) is 3.21. The van der Waals surface area contributed by atoms with Gasteiger partial charge in [-0.3, -0.25) is 9.20 Å². The Hall–Kier alpha value is -3.02. The molecule has 0 bridgehead atoms. The number of methoxy groups -OCH3 is 2. The van der Waals surface area contributed by atoms with Gasteiger partial charge in [0.25, 0.3) is 0 Å². The van der Waals surface area contributed by atoms with Crippen LogP contribution in [0.25, 0.3) is 16.9 Å². The van der Waals surface area contributed by atoms with E-state index in [-0.39, 0.29) is 11.8 Å².